The van der Waals surface area contributed by atoms with Crippen molar-refractivity contribution in [2.45, 2.75) is 12.8 Å². The van der Waals surface area contributed by atoms with Crippen LogP contribution in [-0.4, -0.2) is 26.8 Å². The minimum atomic E-state index is 0.483. The Kier molecular flexibility index (Phi) is 4.03. The van der Waals surface area contributed by atoms with E-state index in [2.05, 4.69) is 17.2 Å². The average molecular weight is 153 g/mol. The molecule has 1 heterocycles. The van der Waals surface area contributed by atoms with Gasteiger partial charge in [-0.05, 0) is 19.9 Å². The van der Waals surface area contributed by atoms with Crippen LogP contribution in [0.15, 0.2) is 0 Å². The average Bonchev–Trinajstić information content (AvgIpc) is 2.07. The molecule has 1 atom stereocenters. The summed E-state index contributed by atoms with van der Waals surface area (Å²) in [4.78, 5) is 0. The Hall–Kier alpha value is -0.520. The molecule has 11 heavy (non-hydrogen) atoms. The number of hydrogen-bond donors (Lipinski definition) is 1. The summed E-state index contributed by atoms with van der Waals surface area (Å²) in [6, 6.07) is 0. The minimum Gasteiger partial charge on any atom is -0.380 e. The third-order valence-electron chi connectivity index (χ3n) is 1.73. The maximum absolute atomic E-state index is 5.29. The molecular weight excluding hydrogens is 138 g/mol. The van der Waals surface area contributed by atoms with E-state index < -0.39 is 0 Å². The Morgan fingerprint density at radius 3 is 3.18 bits per heavy atom. The van der Waals surface area contributed by atoms with Gasteiger partial charge in [0.15, 0.2) is 0 Å². The predicted molar refractivity (Wildman–Crippen MR) is 45.2 cm³/mol. The second kappa shape index (κ2) is 5.17. The third kappa shape index (κ3) is 3.41. The highest BCUT2D eigenvalue weighted by molar-refractivity contribution is 5.05. The molecule has 0 aromatic carbocycles. The van der Waals surface area contributed by atoms with Crippen molar-refractivity contribution >= 4 is 0 Å². The maximum Gasteiger partial charge on any atom is 0.0603 e. The topological polar surface area (TPSA) is 21.3 Å². The van der Waals surface area contributed by atoms with E-state index in [1.54, 1.807) is 0 Å². The first-order chi connectivity index (χ1) is 5.43. The highest BCUT2D eigenvalue weighted by Gasteiger charge is 2.09. The molecule has 0 saturated carbocycles. The molecule has 2 nitrogen and oxygen atoms in total. The lowest BCUT2D eigenvalue weighted by molar-refractivity contribution is 0.0739. The zero-order valence-electron chi connectivity index (χ0n) is 7.02. The van der Waals surface area contributed by atoms with E-state index in [0.717, 1.165) is 19.8 Å². The van der Waals surface area contributed by atoms with Gasteiger partial charge in [-0.25, -0.2) is 0 Å². The van der Waals surface area contributed by atoms with Crippen LogP contribution in [0.25, 0.3) is 0 Å². The van der Waals surface area contributed by atoms with Crippen molar-refractivity contribution in [1.29, 1.82) is 0 Å². The molecule has 0 amide bonds. The monoisotopic (exact) mass is 153 g/mol. The van der Waals surface area contributed by atoms with Gasteiger partial charge >= 0.3 is 0 Å². The largest absolute Gasteiger partial charge is 0.380 e. The summed E-state index contributed by atoms with van der Waals surface area (Å²) in [6.07, 6.45) is 2.37. The van der Waals surface area contributed by atoms with Crippen LogP contribution in [-0.2, 0) is 4.74 Å². The van der Waals surface area contributed by atoms with Gasteiger partial charge in [0.05, 0.1) is 13.2 Å². The van der Waals surface area contributed by atoms with Crippen LogP contribution in [0.4, 0.5) is 0 Å². The van der Waals surface area contributed by atoms with Crippen molar-refractivity contribution in [3.63, 3.8) is 0 Å². The van der Waals surface area contributed by atoms with Crippen LogP contribution in [0.5, 0.6) is 0 Å². The Balaban J connectivity index is 2.19. The Bertz CT molecular complexity index is 151. The number of nitrogens with one attached hydrogen (secondary N) is 1. The molecule has 2 heteroatoms. The van der Waals surface area contributed by atoms with Gasteiger partial charge in [-0.1, -0.05) is 11.8 Å². The van der Waals surface area contributed by atoms with Crippen LogP contribution in [0.2, 0.25) is 0 Å². The smallest absolute Gasteiger partial charge is 0.0603 e. The van der Waals surface area contributed by atoms with Crippen molar-refractivity contribution in [3.8, 4) is 11.8 Å². The molecule has 0 radical (unpaired) electrons. The van der Waals surface area contributed by atoms with E-state index in [9.17, 15) is 0 Å². The van der Waals surface area contributed by atoms with Gasteiger partial charge in [-0.15, -0.1) is 0 Å². The SMILES string of the molecule is CNCC#CC1CCCOC1. The van der Waals surface area contributed by atoms with Gasteiger partial charge in [0.1, 0.15) is 0 Å². The summed E-state index contributed by atoms with van der Waals surface area (Å²) < 4.78 is 5.29. The summed E-state index contributed by atoms with van der Waals surface area (Å²) in [6.45, 7) is 2.54. The molecular formula is C9H15NO. The highest BCUT2D eigenvalue weighted by atomic mass is 16.5. The molecule has 0 aromatic heterocycles. The van der Waals surface area contributed by atoms with Gasteiger partial charge in [0, 0.05) is 12.5 Å². The van der Waals surface area contributed by atoms with Gasteiger partial charge < -0.3 is 10.1 Å². The van der Waals surface area contributed by atoms with Crippen LogP contribution in [0.1, 0.15) is 12.8 Å². The molecule has 0 aliphatic carbocycles. The van der Waals surface area contributed by atoms with E-state index in [4.69, 9.17) is 4.74 Å². The van der Waals surface area contributed by atoms with Crippen molar-refractivity contribution in [2.75, 3.05) is 26.8 Å². The fraction of sp³-hybridized carbons (Fsp3) is 0.778. The lowest BCUT2D eigenvalue weighted by Gasteiger charge is -2.16. The molecule has 1 fully saturated rings. The molecule has 1 N–H and O–H groups in total. The third-order valence-corrected chi connectivity index (χ3v) is 1.73. The highest BCUT2D eigenvalue weighted by Crippen LogP contribution is 2.11. The molecule has 1 aliphatic rings. The molecule has 62 valence electrons. The number of rotatable bonds is 1. The summed E-state index contributed by atoms with van der Waals surface area (Å²) in [7, 11) is 1.91. The van der Waals surface area contributed by atoms with E-state index in [-0.39, 0.29) is 0 Å². The van der Waals surface area contributed by atoms with Crippen molar-refractivity contribution in [2.24, 2.45) is 5.92 Å². The summed E-state index contributed by atoms with van der Waals surface area (Å²) >= 11 is 0. The lowest BCUT2D eigenvalue weighted by Crippen LogP contribution is -2.16. The summed E-state index contributed by atoms with van der Waals surface area (Å²) in [5.74, 6) is 6.73. The molecule has 1 aliphatic heterocycles. The standard InChI is InChI=1S/C9H15NO/c1-10-6-2-4-9-5-3-7-11-8-9/h9-10H,3,5-8H2,1H3. The van der Waals surface area contributed by atoms with Crippen molar-refractivity contribution < 1.29 is 4.74 Å². The van der Waals surface area contributed by atoms with Crippen LogP contribution < -0.4 is 5.32 Å². The first-order valence-electron chi connectivity index (χ1n) is 4.14. The summed E-state index contributed by atoms with van der Waals surface area (Å²) in [5.41, 5.74) is 0. The van der Waals surface area contributed by atoms with Gasteiger partial charge in [-0.2, -0.15) is 0 Å². The molecule has 1 saturated heterocycles. The minimum absolute atomic E-state index is 0.483. The van der Waals surface area contributed by atoms with E-state index in [1.807, 2.05) is 7.05 Å². The fourth-order valence-electron chi connectivity index (χ4n) is 1.14. The van der Waals surface area contributed by atoms with Crippen molar-refractivity contribution in [1.82, 2.24) is 5.32 Å². The van der Waals surface area contributed by atoms with Crippen LogP contribution >= 0.6 is 0 Å². The second-order valence-electron chi connectivity index (χ2n) is 2.77. The molecule has 1 rings (SSSR count). The van der Waals surface area contributed by atoms with Crippen molar-refractivity contribution in [3.05, 3.63) is 0 Å². The second-order valence-corrected chi connectivity index (χ2v) is 2.77. The zero-order chi connectivity index (χ0) is 7.94. The molecule has 0 bridgehead atoms. The fourth-order valence-corrected chi connectivity index (χ4v) is 1.14. The first kappa shape index (κ1) is 8.58. The van der Waals surface area contributed by atoms with E-state index in [0.29, 0.717) is 5.92 Å². The van der Waals surface area contributed by atoms with Gasteiger partial charge in [0.2, 0.25) is 0 Å². The predicted octanol–water partition coefficient (Wildman–Crippen LogP) is 0.636. The summed E-state index contributed by atoms with van der Waals surface area (Å²) in [5, 5.41) is 2.99. The number of hydrogen-bond acceptors (Lipinski definition) is 2. The van der Waals surface area contributed by atoms with Gasteiger partial charge in [-0.3, -0.25) is 0 Å². The molecule has 1 unspecified atom stereocenters. The Morgan fingerprint density at radius 1 is 1.64 bits per heavy atom. The normalized spacial score (nSPS) is 23.9. The Morgan fingerprint density at radius 2 is 2.55 bits per heavy atom. The first-order valence-corrected chi connectivity index (χ1v) is 4.14. The number of ether oxygens (including phenoxy) is 1. The maximum atomic E-state index is 5.29. The van der Waals surface area contributed by atoms with E-state index >= 15 is 0 Å². The Labute approximate surface area is 68.3 Å². The zero-order valence-corrected chi connectivity index (χ0v) is 7.02. The van der Waals surface area contributed by atoms with Gasteiger partial charge in [0.25, 0.3) is 0 Å². The van der Waals surface area contributed by atoms with Crippen LogP contribution in [0.3, 0.4) is 0 Å². The quantitative estimate of drug-likeness (QED) is 0.558. The molecule has 0 aromatic rings. The lowest BCUT2D eigenvalue weighted by atomic mass is 10.0. The van der Waals surface area contributed by atoms with Crippen LogP contribution in [0, 0.1) is 17.8 Å². The molecule has 0 spiro atoms. The van der Waals surface area contributed by atoms with E-state index in [1.165, 1.54) is 12.8 Å².